The fourth-order valence-corrected chi connectivity index (χ4v) is 15.4. The van der Waals surface area contributed by atoms with Crippen LogP contribution in [0, 0.1) is 0 Å². The summed E-state index contributed by atoms with van der Waals surface area (Å²) in [4.78, 5) is 5.08. The van der Waals surface area contributed by atoms with Gasteiger partial charge in [-0.2, -0.15) is 0 Å². The molecule has 12 aromatic carbocycles. The van der Waals surface area contributed by atoms with E-state index in [9.17, 15) is 0 Å². The van der Waals surface area contributed by atoms with Gasteiger partial charge in [-0.3, -0.25) is 4.98 Å². The van der Waals surface area contributed by atoms with Crippen LogP contribution in [0.4, 0.5) is 0 Å². The molecule has 81 heavy (non-hydrogen) atoms. The van der Waals surface area contributed by atoms with Crippen molar-refractivity contribution >= 4 is 32.3 Å². The van der Waals surface area contributed by atoms with E-state index in [2.05, 4.69) is 272 Å². The van der Waals surface area contributed by atoms with Crippen LogP contribution in [0.2, 0.25) is 0 Å². The number of nitrogens with zero attached hydrogens (tertiary/aromatic N) is 1. The molecule has 17 rings (SSSR count). The van der Waals surface area contributed by atoms with Crippen molar-refractivity contribution in [1.82, 2.24) is 4.98 Å². The third-order valence-corrected chi connectivity index (χ3v) is 19.7. The summed E-state index contributed by atoms with van der Waals surface area (Å²) in [6.45, 7) is 14.4. The summed E-state index contributed by atoms with van der Waals surface area (Å²) in [5.41, 5.74) is 33.2. The van der Waals surface area contributed by atoms with Gasteiger partial charge < -0.3 is 0 Å². The number of pyridine rings is 1. The third-order valence-electron chi connectivity index (χ3n) is 19.7. The normalized spacial score (nSPS) is 14.8. The van der Waals surface area contributed by atoms with Crippen molar-refractivity contribution in [3.8, 4) is 111 Å². The van der Waals surface area contributed by atoms with Crippen molar-refractivity contribution in [2.45, 2.75) is 57.8 Å². The van der Waals surface area contributed by atoms with Crippen LogP contribution < -0.4 is 0 Å². The molecule has 13 aromatic rings. The summed E-state index contributed by atoms with van der Waals surface area (Å²) in [5, 5.41) is 7.58. The Hall–Kier alpha value is -9.43. The van der Waals surface area contributed by atoms with Gasteiger partial charge in [-0.05, 0) is 204 Å². The van der Waals surface area contributed by atoms with E-state index in [1.165, 1.54) is 171 Å². The number of benzene rings is 12. The van der Waals surface area contributed by atoms with E-state index < -0.39 is 0 Å². The van der Waals surface area contributed by atoms with Crippen LogP contribution in [-0.2, 0) is 16.2 Å². The Kier molecular flexibility index (Phi) is 9.38. The van der Waals surface area contributed by atoms with Gasteiger partial charge in [0.05, 0.1) is 5.69 Å². The van der Waals surface area contributed by atoms with Gasteiger partial charge in [-0.15, -0.1) is 0 Å². The van der Waals surface area contributed by atoms with E-state index in [1.807, 2.05) is 6.20 Å². The molecule has 0 fully saturated rings. The summed E-state index contributed by atoms with van der Waals surface area (Å²) < 4.78 is 0. The first kappa shape index (κ1) is 46.5. The van der Waals surface area contributed by atoms with Gasteiger partial charge in [0.25, 0.3) is 0 Å². The summed E-state index contributed by atoms with van der Waals surface area (Å²) in [6, 6.07) is 87.8. The lowest BCUT2D eigenvalue weighted by molar-refractivity contribution is 0.659. The summed E-state index contributed by atoms with van der Waals surface area (Å²) in [6.07, 6.45) is 1.95. The second kappa shape index (κ2) is 16.3. The molecule has 0 aliphatic heterocycles. The highest BCUT2D eigenvalue weighted by Crippen LogP contribution is 2.57. The molecule has 0 radical (unpaired) electrons. The number of rotatable bonds is 5. The zero-order valence-electron chi connectivity index (χ0n) is 46.5. The Morgan fingerprint density at radius 3 is 1.22 bits per heavy atom. The fraction of sp³-hybridized carbons (Fsp3) is 0.113. The predicted octanol–water partition coefficient (Wildman–Crippen LogP) is 21.4. The van der Waals surface area contributed by atoms with Gasteiger partial charge in [0.15, 0.2) is 0 Å². The van der Waals surface area contributed by atoms with Crippen LogP contribution in [0.25, 0.3) is 144 Å². The van der Waals surface area contributed by atoms with E-state index in [0.29, 0.717) is 0 Å². The Bertz CT molecular complexity index is 4930. The van der Waals surface area contributed by atoms with E-state index in [0.717, 1.165) is 5.69 Å². The lowest BCUT2D eigenvalue weighted by atomic mass is 9.79. The van der Waals surface area contributed by atoms with E-state index in [4.69, 9.17) is 4.98 Å². The smallest absolute Gasteiger partial charge is 0.0787 e. The first-order valence-corrected chi connectivity index (χ1v) is 28.8. The SMILES string of the molecule is CC1(C)c2ccccc2-c2ccc(-c3ccc4c(c3)C(C)(C)c3cc(-c5ccc6c(c5)C(C)(C)c5cc(-c7cc8c9ccc(-c%10ccccc%10)c%10c9c(cc8c8ccc(-c9ccccc9)cc78)-c7ncccc7-%10)ccc5-6)ccc3-4)cc21. The number of fused-ring (bicyclic) bond motifs is 16. The molecule has 0 atom stereocenters. The van der Waals surface area contributed by atoms with Gasteiger partial charge >= 0.3 is 0 Å². The highest BCUT2D eigenvalue weighted by Gasteiger charge is 2.40. The molecule has 0 saturated carbocycles. The monoisotopic (exact) mass is 1030 g/mol. The zero-order chi connectivity index (χ0) is 54.3. The van der Waals surface area contributed by atoms with Crippen molar-refractivity contribution in [3.63, 3.8) is 0 Å². The molecular formula is C80H57N. The number of aromatic nitrogens is 1. The first-order valence-electron chi connectivity index (χ1n) is 28.8. The Labute approximate surface area is 473 Å². The van der Waals surface area contributed by atoms with Crippen molar-refractivity contribution in [2.24, 2.45) is 0 Å². The summed E-state index contributed by atoms with van der Waals surface area (Å²) in [7, 11) is 0. The first-order chi connectivity index (χ1) is 39.4. The van der Waals surface area contributed by atoms with Crippen molar-refractivity contribution < 1.29 is 0 Å². The molecular weight excluding hydrogens is 975 g/mol. The molecule has 0 amide bonds. The molecule has 1 heteroatoms. The van der Waals surface area contributed by atoms with E-state index >= 15 is 0 Å². The zero-order valence-corrected chi connectivity index (χ0v) is 46.5. The fourth-order valence-electron chi connectivity index (χ4n) is 15.4. The third kappa shape index (κ3) is 6.41. The Morgan fingerprint density at radius 2 is 0.642 bits per heavy atom. The standard InChI is InChI=1S/C80H57N/c1-78(2)69-22-14-13-20-56(69)57-30-24-49(39-70(57)78)50-25-31-58-59-32-26-51(41-72(59)79(3,4)71(58)40-50)52-27-33-60-61-34-28-53(43-74(61)80(5,6)73(60)42-52)64-44-67-62-36-35-54(47-18-11-8-12-19-47)75-63-21-15-37-81-77(63)68(76(62)75)45-66(67)55-29-23-48(38-65(55)64)46-16-9-7-10-17-46/h7-45H,1-6H3. The number of hydrogen-bond acceptors (Lipinski definition) is 1. The molecule has 0 bridgehead atoms. The quantitative estimate of drug-likeness (QED) is 0.157. The van der Waals surface area contributed by atoms with Crippen LogP contribution in [0.1, 0.15) is 74.9 Å². The molecule has 1 nitrogen and oxygen atoms in total. The van der Waals surface area contributed by atoms with Crippen LogP contribution >= 0.6 is 0 Å². The number of hydrogen-bond donors (Lipinski definition) is 0. The minimum Gasteiger partial charge on any atom is -0.256 e. The van der Waals surface area contributed by atoms with Crippen molar-refractivity contribution in [2.75, 3.05) is 0 Å². The summed E-state index contributed by atoms with van der Waals surface area (Å²) in [5.74, 6) is 0. The van der Waals surface area contributed by atoms with Crippen LogP contribution in [0.15, 0.2) is 237 Å². The highest BCUT2D eigenvalue weighted by atomic mass is 14.7. The van der Waals surface area contributed by atoms with Gasteiger partial charge in [-0.1, -0.05) is 217 Å². The molecule has 0 spiro atoms. The largest absolute Gasteiger partial charge is 0.256 e. The maximum atomic E-state index is 5.08. The molecule has 0 unspecified atom stereocenters. The second-order valence-electron chi connectivity index (χ2n) is 25.0. The lowest BCUT2D eigenvalue weighted by Crippen LogP contribution is -2.16. The molecule has 4 aliphatic carbocycles. The van der Waals surface area contributed by atoms with Crippen molar-refractivity contribution in [3.05, 3.63) is 270 Å². The Morgan fingerprint density at radius 1 is 0.235 bits per heavy atom. The Balaban J connectivity index is 0.759. The highest BCUT2D eigenvalue weighted by molar-refractivity contribution is 6.30. The average Bonchev–Trinajstić information content (AvgIpc) is 3.56. The van der Waals surface area contributed by atoms with E-state index in [1.54, 1.807) is 0 Å². The summed E-state index contributed by atoms with van der Waals surface area (Å²) >= 11 is 0. The van der Waals surface area contributed by atoms with Gasteiger partial charge in [0, 0.05) is 44.5 Å². The van der Waals surface area contributed by atoms with Crippen LogP contribution in [0.3, 0.4) is 0 Å². The van der Waals surface area contributed by atoms with Crippen LogP contribution in [0.5, 0.6) is 0 Å². The van der Waals surface area contributed by atoms with Gasteiger partial charge in [0.1, 0.15) is 0 Å². The van der Waals surface area contributed by atoms with E-state index in [-0.39, 0.29) is 16.2 Å². The minimum absolute atomic E-state index is 0.0386. The molecule has 382 valence electrons. The minimum atomic E-state index is -0.237. The van der Waals surface area contributed by atoms with Gasteiger partial charge in [-0.25, -0.2) is 0 Å². The molecule has 1 heterocycles. The maximum absolute atomic E-state index is 5.08. The lowest BCUT2D eigenvalue weighted by Gasteiger charge is -2.24. The van der Waals surface area contributed by atoms with Gasteiger partial charge in [0.2, 0.25) is 0 Å². The molecule has 1 aromatic heterocycles. The molecule has 4 aliphatic rings. The molecule has 0 saturated heterocycles. The predicted molar refractivity (Wildman–Crippen MR) is 341 cm³/mol. The average molecular weight is 1030 g/mol. The second-order valence-corrected chi connectivity index (χ2v) is 25.0. The molecule has 0 N–H and O–H groups in total. The maximum Gasteiger partial charge on any atom is 0.0787 e. The van der Waals surface area contributed by atoms with Crippen LogP contribution in [-0.4, -0.2) is 4.98 Å². The topological polar surface area (TPSA) is 12.9 Å². The van der Waals surface area contributed by atoms with Crippen molar-refractivity contribution in [1.29, 1.82) is 0 Å².